The summed E-state index contributed by atoms with van der Waals surface area (Å²) in [4.78, 5) is 0. The van der Waals surface area contributed by atoms with Crippen LogP contribution in [-0.2, 0) is 7.05 Å². The molecule has 0 fully saturated rings. The van der Waals surface area contributed by atoms with Crippen LogP contribution in [0.3, 0.4) is 0 Å². The Balaban J connectivity index is 2.43. The number of ether oxygens (including phenoxy) is 1. The van der Waals surface area contributed by atoms with Gasteiger partial charge < -0.3 is 10.5 Å². The van der Waals surface area contributed by atoms with E-state index < -0.39 is 11.9 Å². The molecule has 2 rings (SSSR count). The molecule has 1 unspecified atom stereocenters. The molecule has 2 N–H and O–H groups in total. The molecule has 0 saturated heterocycles. The van der Waals surface area contributed by atoms with Crippen molar-refractivity contribution in [2.45, 2.75) is 6.04 Å². The second-order valence-corrected chi connectivity index (χ2v) is 4.28. The van der Waals surface area contributed by atoms with Gasteiger partial charge in [0.2, 0.25) is 0 Å². The van der Waals surface area contributed by atoms with E-state index in [1.54, 1.807) is 23.9 Å². The van der Waals surface area contributed by atoms with Gasteiger partial charge in [0, 0.05) is 7.05 Å². The summed E-state index contributed by atoms with van der Waals surface area (Å²) in [6.45, 7) is 0. The lowest BCUT2D eigenvalue weighted by Crippen LogP contribution is -2.16. The highest BCUT2D eigenvalue weighted by molar-refractivity contribution is 6.31. The Labute approximate surface area is 109 Å². The molecule has 0 aliphatic rings. The van der Waals surface area contributed by atoms with Crippen LogP contribution in [0, 0.1) is 5.82 Å². The Kier molecular flexibility index (Phi) is 3.54. The molecule has 0 radical (unpaired) electrons. The number of benzene rings is 1. The molecule has 0 aliphatic carbocycles. The summed E-state index contributed by atoms with van der Waals surface area (Å²) >= 11 is 6.03. The third kappa shape index (κ3) is 2.19. The van der Waals surface area contributed by atoms with Crippen LogP contribution in [0.15, 0.2) is 24.4 Å². The highest BCUT2D eigenvalue weighted by atomic mass is 35.5. The smallest absolute Gasteiger partial charge is 0.165 e. The van der Waals surface area contributed by atoms with Crippen molar-refractivity contribution in [3.63, 3.8) is 0 Å². The summed E-state index contributed by atoms with van der Waals surface area (Å²) in [6.07, 6.45) is 1.53. The molecule has 1 heterocycles. The Morgan fingerprint density at radius 1 is 1.50 bits per heavy atom. The lowest BCUT2D eigenvalue weighted by atomic mass is 10.0. The molecule has 1 atom stereocenters. The second-order valence-electron chi connectivity index (χ2n) is 3.87. The van der Waals surface area contributed by atoms with Crippen LogP contribution in [0.1, 0.15) is 17.3 Å². The number of rotatable bonds is 3. The molecule has 18 heavy (non-hydrogen) atoms. The Hall–Kier alpha value is -1.59. The normalized spacial score (nSPS) is 12.5. The van der Waals surface area contributed by atoms with Gasteiger partial charge in [0.15, 0.2) is 11.6 Å². The quantitative estimate of drug-likeness (QED) is 0.930. The SMILES string of the molecule is COc1cc(C(N)c2c(Cl)cnn2C)ccc1F. The summed E-state index contributed by atoms with van der Waals surface area (Å²) in [5.41, 5.74) is 7.49. The molecule has 1 aromatic heterocycles. The van der Waals surface area contributed by atoms with Crippen LogP contribution >= 0.6 is 11.6 Å². The van der Waals surface area contributed by atoms with Crippen LogP contribution in [0.25, 0.3) is 0 Å². The molecule has 0 amide bonds. The fraction of sp³-hybridized carbons (Fsp3) is 0.250. The van der Waals surface area contributed by atoms with Gasteiger partial charge in [0.05, 0.1) is 30.1 Å². The van der Waals surface area contributed by atoms with Crippen molar-refractivity contribution in [3.8, 4) is 5.75 Å². The van der Waals surface area contributed by atoms with Crippen LogP contribution < -0.4 is 10.5 Å². The predicted octanol–water partition coefficient (Wildman–Crippen LogP) is 2.27. The first kappa shape index (κ1) is 12.9. The topological polar surface area (TPSA) is 53.1 Å². The van der Waals surface area contributed by atoms with Gasteiger partial charge in [0.1, 0.15) is 0 Å². The van der Waals surface area contributed by atoms with Crippen molar-refractivity contribution < 1.29 is 9.13 Å². The van der Waals surface area contributed by atoms with Gasteiger partial charge in [-0.1, -0.05) is 17.7 Å². The van der Waals surface area contributed by atoms with Gasteiger partial charge in [-0.2, -0.15) is 5.10 Å². The van der Waals surface area contributed by atoms with Gasteiger partial charge in [-0.25, -0.2) is 4.39 Å². The first-order valence-electron chi connectivity index (χ1n) is 5.31. The van der Waals surface area contributed by atoms with E-state index in [-0.39, 0.29) is 5.75 Å². The van der Waals surface area contributed by atoms with Crippen LogP contribution in [0.2, 0.25) is 5.02 Å². The summed E-state index contributed by atoms with van der Waals surface area (Å²) in [5, 5.41) is 4.50. The highest BCUT2D eigenvalue weighted by Gasteiger charge is 2.18. The highest BCUT2D eigenvalue weighted by Crippen LogP contribution is 2.28. The molecular weight excluding hydrogens is 257 g/mol. The molecule has 0 saturated carbocycles. The fourth-order valence-electron chi connectivity index (χ4n) is 1.80. The minimum absolute atomic E-state index is 0.154. The van der Waals surface area contributed by atoms with Crippen LogP contribution in [0.5, 0.6) is 5.75 Å². The van der Waals surface area contributed by atoms with E-state index in [1.165, 1.54) is 19.4 Å². The van der Waals surface area contributed by atoms with E-state index in [9.17, 15) is 4.39 Å². The number of hydrogen-bond donors (Lipinski definition) is 1. The molecular formula is C12H13ClFN3O. The zero-order valence-electron chi connectivity index (χ0n) is 10.0. The molecule has 96 valence electrons. The Morgan fingerprint density at radius 2 is 2.22 bits per heavy atom. The van der Waals surface area contributed by atoms with Gasteiger partial charge in [-0.3, -0.25) is 4.68 Å². The average molecular weight is 270 g/mol. The number of halogens is 2. The summed E-state index contributed by atoms with van der Waals surface area (Å²) in [7, 11) is 3.16. The third-order valence-electron chi connectivity index (χ3n) is 2.77. The summed E-state index contributed by atoms with van der Waals surface area (Å²) in [5.74, 6) is -0.272. The van der Waals surface area contributed by atoms with Gasteiger partial charge >= 0.3 is 0 Å². The van der Waals surface area contributed by atoms with Crippen molar-refractivity contribution >= 4 is 11.6 Å². The van der Waals surface area contributed by atoms with Crippen LogP contribution in [0.4, 0.5) is 4.39 Å². The lowest BCUT2D eigenvalue weighted by molar-refractivity contribution is 0.385. The number of aromatic nitrogens is 2. The maximum absolute atomic E-state index is 13.3. The van der Waals surface area contributed by atoms with E-state index in [0.717, 1.165) is 0 Å². The van der Waals surface area contributed by atoms with Crippen LogP contribution in [-0.4, -0.2) is 16.9 Å². The Bertz CT molecular complexity index is 551. The first-order chi connectivity index (χ1) is 8.54. The third-order valence-corrected chi connectivity index (χ3v) is 3.06. The largest absolute Gasteiger partial charge is 0.494 e. The molecule has 1 aromatic carbocycles. The summed E-state index contributed by atoms with van der Waals surface area (Å²) < 4.78 is 19.9. The molecule has 4 nitrogen and oxygen atoms in total. The van der Waals surface area contributed by atoms with Gasteiger partial charge in [0.25, 0.3) is 0 Å². The maximum atomic E-state index is 13.3. The molecule has 0 spiro atoms. The Morgan fingerprint density at radius 3 is 2.78 bits per heavy atom. The van der Waals surface area contributed by atoms with E-state index in [1.807, 2.05) is 0 Å². The minimum Gasteiger partial charge on any atom is -0.494 e. The number of nitrogens with two attached hydrogens (primary N) is 1. The minimum atomic E-state index is -0.487. The van der Waals surface area contributed by atoms with Crippen molar-refractivity contribution in [3.05, 3.63) is 46.5 Å². The van der Waals surface area contributed by atoms with Crippen molar-refractivity contribution in [1.29, 1.82) is 0 Å². The number of methoxy groups -OCH3 is 1. The van der Waals surface area contributed by atoms with Crippen molar-refractivity contribution in [2.24, 2.45) is 12.8 Å². The zero-order chi connectivity index (χ0) is 13.3. The molecule has 6 heteroatoms. The lowest BCUT2D eigenvalue weighted by Gasteiger charge is -2.14. The standard InChI is InChI=1S/C12H13ClFN3O/c1-17-12(8(13)6-16-17)11(15)7-3-4-9(14)10(5-7)18-2/h3-6,11H,15H2,1-2H3. The van der Waals surface area contributed by atoms with E-state index in [2.05, 4.69) is 5.10 Å². The number of aryl methyl sites for hydroxylation is 1. The second kappa shape index (κ2) is 4.96. The number of nitrogens with zero attached hydrogens (tertiary/aromatic N) is 2. The van der Waals surface area contributed by atoms with Gasteiger partial charge in [-0.15, -0.1) is 0 Å². The zero-order valence-corrected chi connectivity index (χ0v) is 10.8. The van der Waals surface area contributed by atoms with E-state index in [4.69, 9.17) is 22.1 Å². The monoisotopic (exact) mass is 269 g/mol. The van der Waals surface area contributed by atoms with Crippen molar-refractivity contribution in [1.82, 2.24) is 9.78 Å². The molecule has 0 bridgehead atoms. The molecule has 2 aromatic rings. The first-order valence-corrected chi connectivity index (χ1v) is 5.68. The average Bonchev–Trinajstić information content (AvgIpc) is 2.69. The van der Waals surface area contributed by atoms with E-state index in [0.29, 0.717) is 16.3 Å². The fourth-order valence-corrected chi connectivity index (χ4v) is 2.08. The predicted molar refractivity (Wildman–Crippen MR) is 67.2 cm³/mol. The van der Waals surface area contributed by atoms with Crippen molar-refractivity contribution in [2.75, 3.05) is 7.11 Å². The maximum Gasteiger partial charge on any atom is 0.165 e. The molecule has 0 aliphatic heterocycles. The van der Waals surface area contributed by atoms with E-state index >= 15 is 0 Å². The summed E-state index contributed by atoms with van der Waals surface area (Å²) in [6, 6.07) is 3.99. The van der Waals surface area contributed by atoms with Gasteiger partial charge in [-0.05, 0) is 17.7 Å². The number of hydrogen-bond acceptors (Lipinski definition) is 3.